The molecule has 8 heteroatoms. The van der Waals surface area contributed by atoms with E-state index in [9.17, 15) is 14.4 Å². The largest absolute Gasteiger partial charge is 0.416 e. The third kappa shape index (κ3) is 7.10. The zero-order valence-corrected chi connectivity index (χ0v) is 9.17. The van der Waals surface area contributed by atoms with Crippen molar-refractivity contribution in [1.82, 2.24) is 0 Å². The lowest BCUT2D eigenvalue weighted by Crippen LogP contribution is -2.34. The number of nitrogens with zero attached hydrogens (tertiary/aromatic N) is 2. The normalized spacial score (nSPS) is 12.8. The van der Waals surface area contributed by atoms with Crippen molar-refractivity contribution in [3.63, 3.8) is 0 Å². The third-order valence-corrected chi connectivity index (χ3v) is 1.82. The minimum absolute atomic E-state index is 0.387. The topological polar surface area (TPSA) is 137 Å². The van der Waals surface area contributed by atoms with Gasteiger partial charge in [0.15, 0.2) is 0 Å². The van der Waals surface area contributed by atoms with Crippen LogP contribution in [-0.2, 0) is 19.1 Å². The summed E-state index contributed by atoms with van der Waals surface area (Å²) in [4.78, 5) is 37.2. The van der Waals surface area contributed by atoms with Crippen molar-refractivity contribution in [3.8, 4) is 0 Å². The molecule has 0 aliphatic carbocycles. The number of ether oxygens (including phenoxy) is 1. The Balaban J connectivity index is 4.20. The SMILES string of the molecule is NCCCC[C@H](N)C(=O)OC(N=C=O)N=C=O. The molecule has 4 N–H and O–H groups in total. The first kappa shape index (κ1) is 15.2. The Hall–Kier alpha value is -1.85. The number of aliphatic imine (C=N–C) groups is 2. The fraction of sp³-hybridized carbons (Fsp3) is 0.667. The average Bonchev–Trinajstić information content (AvgIpc) is 2.29. The minimum Gasteiger partial charge on any atom is -0.416 e. The van der Waals surface area contributed by atoms with Gasteiger partial charge < -0.3 is 16.2 Å². The summed E-state index contributed by atoms with van der Waals surface area (Å²) in [7, 11) is 0. The molecule has 0 saturated heterocycles. The molecule has 17 heavy (non-hydrogen) atoms. The Morgan fingerprint density at radius 1 is 1.24 bits per heavy atom. The Kier molecular flexibility index (Phi) is 8.36. The highest BCUT2D eigenvalue weighted by Gasteiger charge is 2.18. The number of hydrogen-bond acceptors (Lipinski definition) is 8. The fourth-order valence-electron chi connectivity index (χ4n) is 0.989. The monoisotopic (exact) mass is 242 g/mol. The van der Waals surface area contributed by atoms with Gasteiger partial charge in [0, 0.05) is 0 Å². The zero-order valence-electron chi connectivity index (χ0n) is 9.17. The van der Waals surface area contributed by atoms with Crippen molar-refractivity contribution < 1.29 is 19.1 Å². The van der Waals surface area contributed by atoms with Crippen LogP contribution in [-0.4, -0.2) is 37.1 Å². The molecule has 0 heterocycles. The molecule has 0 fully saturated rings. The van der Waals surface area contributed by atoms with E-state index in [1.165, 1.54) is 0 Å². The maximum absolute atomic E-state index is 11.3. The Morgan fingerprint density at radius 2 is 1.82 bits per heavy atom. The molecule has 0 radical (unpaired) electrons. The van der Waals surface area contributed by atoms with Gasteiger partial charge in [-0.2, -0.15) is 0 Å². The first-order chi connectivity index (χ1) is 8.15. The first-order valence-electron chi connectivity index (χ1n) is 4.95. The maximum atomic E-state index is 11.3. The van der Waals surface area contributed by atoms with Crippen LogP contribution < -0.4 is 11.5 Å². The molecule has 0 aromatic carbocycles. The van der Waals surface area contributed by atoms with Crippen LogP contribution in [0.1, 0.15) is 19.3 Å². The fourth-order valence-corrected chi connectivity index (χ4v) is 0.989. The lowest BCUT2D eigenvalue weighted by molar-refractivity contribution is -0.150. The van der Waals surface area contributed by atoms with Crippen molar-refractivity contribution in [3.05, 3.63) is 0 Å². The summed E-state index contributed by atoms with van der Waals surface area (Å²) < 4.78 is 4.57. The van der Waals surface area contributed by atoms with Crippen molar-refractivity contribution >= 4 is 18.1 Å². The van der Waals surface area contributed by atoms with Crippen LogP contribution in [0, 0.1) is 0 Å². The van der Waals surface area contributed by atoms with Gasteiger partial charge in [-0.05, 0) is 19.4 Å². The summed E-state index contributed by atoms with van der Waals surface area (Å²) in [5.41, 5.74) is 10.8. The number of carbonyl (C=O) groups is 1. The van der Waals surface area contributed by atoms with Crippen LogP contribution in [0.4, 0.5) is 0 Å². The van der Waals surface area contributed by atoms with E-state index in [0.29, 0.717) is 19.4 Å². The molecule has 0 rings (SSSR count). The standard InChI is InChI=1S/C9H14N4O4/c10-4-2-1-3-7(11)8(16)17-9(12-5-14)13-6-15/h7,9H,1-4,10-11H2/t7-/m0/s1. The number of rotatable bonds is 8. The van der Waals surface area contributed by atoms with E-state index in [4.69, 9.17) is 11.5 Å². The van der Waals surface area contributed by atoms with Gasteiger partial charge in [0.2, 0.25) is 12.2 Å². The summed E-state index contributed by atoms with van der Waals surface area (Å²) in [6.45, 7) is 0.509. The number of unbranched alkanes of at least 4 members (excludes halogenated alkanes) is 1. The van der Waals surface area contributed by atoms with Crippen LogP contribution in [0.3, 0.4) is 0 Å². The Bertz CT molecular complexity index is 316. The molecular weight excluding hydrogens is 228 g/mol. The van der Waals surface area contributed by atoms with Gasteiger partial charge in [-0.3, -0.25) is 4.79 Å². The Morgan fingerprint density at radius 3 is 2.29 bits per heavy atom. The van der Waals surface area contributed by atoms with Crippen molar-refractivity contribution in [2.24, 2.45) is 21.5 Å². The number of esters is 1. The van der Waals surface area contributed by atoms with Gasteiger partial charge in [0.25, 0.3) is 0 Å². The van der Waals surface area contributed by atoms with Crippen LogP contribution in [0.2, 0.25) is 0 Å². The van der Waals surface area contributed by atoms with Gasteiger partial charge in [-0.15, -0.1) is 9.98 Å². The average molecular weight is 242 g/mol. The predicted molar refractivity (Wildman–Crippen MR) is 57.0 cm³/mol. The summed E-state index contributed by atoms with van der Waals surface area (Å²) in [5, 5.41) is 0. The van der Waals surface area contributed by atoms with Crippen molar-refractivity contribution in [2.75, 3.05) is 6.54 Å². The second kappa shape index (κ2) is 9.38. The highest BCUT2D eigenvalue weighted by molar-refractivity contribution is 5.75. The number of nitrogens with two attached hydrogens (primary N) is 2. The molecule has 0 amide bonds. The van der Waals surface area contributed by atoms with Gasteiger partial charge in [0.1, 0.15) is 6.04 Å². The molecule has 1 atom stereocenters. The molecule has 0 unspecified atom stereocenters. The lowest BCUT2D eigenvalue weighted by Gasteiger charge is -2.11. The van der Waals surface area contributed by atoms with E-state index < -0.39 is 18.4 Å². The lowest BCUT2D eigenvalue weighted by atomic mass is 10.1. The highest BCUT2D eigenvalue weighted by Crippen LogP contribution is 2.03. The minimum atomic E-state index is -1.56. The van der Waals surface area contributed by atoms with Crippen LogP contribution in [0.25, 0.3) is 0 Å². The van der Waals surface area contributed by atoms with Crippen LogP contribution in [0.5, 0.6) is 0 Å². The number of carbonyl (C=O) groups excluding carboxylic acids is 3. The summed E-state index contributed by atoms with van der Waals surface area (Å²) >= 11 is 0. The molecule has 0 aliphatic rings. The molecule has 94 valence electrons. The predicted octanol–water partition coefficient (Wildman–Crippen LogP) is -1.06. The third-order valence-electron chi connectivity index (χ3n) is 1.82. The van der Waals surface area contributed by atoms with Gasteiger partial charge in [-0.25, -0.2) is 9.59 Å². The van der Waals surface area contributed by atoms with E-state index in [2.05, 4.69) is 14.7 Å². The maximum Gasteiger partial charge on any atom is 0.326 e. The molecule has 0 aliphatic heterocycles. The summed E-state index contributed by atoms with van der Waals surface area (Å²) in [6, 6.07) is -0.868. The van der Waals surface area contributed by atoms with E-state index in [-0.39, 0.29) is 0 Å². The summed E-state index contributed by atoms with van der Waals surface area (Å²) in [5.74, 6) is -0.801. The second-order valence-electron chi connectivity index (χ2n) is 3.09. The highest BCUT2D eigenvalue weighted by atomic mass is 16.6. The van der Waals surface area contributed by atoms with E-state index >= 15 is 0 Å². The summed E-state index contributed by atoms with van der Waals surface area (Å²) in [6.07, 6.45) is 2.48. The van der Waals surface area contributed by atoms with Gasteiger partial charge >= 0.3 is 12.3 Å². The van der Waals surface area contributed by atoms with E-state index in [0.717, 1.165) is 18.6 Å². The molecular formula is C9H14N4O4. The van der Waals surface area contributed by atoms with Crippen molar-refractivity contribution in [2.45, 2.75) is 31.7 Å². The van der Waals surface area contributed by atoms with Gasteiger partial charge in [0.05, 0.1) is 0 Å². The smallest absolute Gasteiger partial charge is 0.326 e. The van der Waals surface area contributed by atoms with E-state index in [1.54, 1.807) is 0 Å². The molecule has 0 bridgehead atoms. The van der Waals surface area contributed by atoms with Crippen molar-refractivity contribution in [1.29, 1.82) is 0 Å². The second-order valence-corrected chi connectivity index (χ2v) is 3.09. The van der Waals surface area contributed by atoms with E-state index in [1.807, 2.05) is 0 Å². The molecule has 8 nitrogen and oxygen atoms in total. The number of hydrogen-bond donors (Lipinski definition) is 2. The zero-order chi connectivity index (χ0) is 13.1. The van der Waals surface area contributed by atoms with Crippen LogP contribution in [0.15, 0.2) is 9.98 Å². The first-order valence-corrected chi connectivity index (χ1v) is 4.95. The molecule has 0 aromatic heterocycles. The quantitative estimate of drug-likeness (QED) is 0.241. The molecule has 0 spiro atoms. The molecule has 0 aromatic rings. The van der Waals surface area contributed by atoms with Crippen LogP contribution >= 0.6 is 0 Å². The molecule has 0 saturated carbocycles. The van der Waals surface area contributed by atoms with Gasteiger partial charge in [-0.1, -0.05) is 6.42 Å². The Labute approximate surface area is 97.7 Å². The number of isocyanates is 2.